The van der Waals surface area contributed by atoms with Gasteiger partial charge in [-0.25, -0.2) is 0 Å². The Morgan fingerprint density at radius 1 is 0.708 bits per heavy atom. The molecule has 4 bridgehead atoms. The first kappa shape index (κ1) is 14.0. The molecule has 0 radical (unpaired) electrons. The minimum atomic E-state index is -0.293. The highest BCUT2D eigenvalue weighted by Gasteiger charge is 2.47. The summed E-state index contributed by atoms with van der Waals surface area (Å²) in [7, 11) is 0. The number of benzene rings is 1. The van der Waals surface area contributed by atoms with Crippen molar-refractivity contribution in [3.8, 4) is 11.5 Å². The lowest BCUT2D eigenvalue weighted by atomic mass is 9.85. The lowest BCUT2D eigenvalue weighted by Crippen LogP contribution is -2.15. The predicted octanol–water partition coefficient (Wildman–Crippen LogP) is 3.82. The van der Waals surface area contributed by atoms with Crippen LogP contribution in [0.25, 0.3) is 0 Å². The minimum absolute atomic E-state index is 0.252. The average molecular weight is 322 g/mol. The van der Waals surface area contributed by atoms with Crippen LogP contribution >= 0.6 is 0 Å². The zero-order valence-electron chi connectivity index (χ0n) is 13.7. The largest absolute Gasteiger partial charge is 0.426 e. The van der Waals surface area contributed by atoms with Gasteiger partial charge in [-0.15, -0.1) is 0 Å². The van der Waals surface area contributed by atoms with Crippen LogP contribution in [0.4, 0.5) is 0 Å². The summed E-state index contributed by atoms with van der Waals surface area (Å²) in [6, 6.07) is 0. The summed E-state index contributed by atoms with van der Waals surface area (Å²) in [5.41, 5.74) is 4.25. The van der Waals surface area contributed by atoms with Crippen LogP contribution in [0.2, 0.25) is 0 Å². The van der Waals surface area contributed by atoms with Gasteiger partial charge in [0.1, 0.15) is 11.5 Å². The SMILES string of the molecule is CC(=O)Oc1c2c(c(OC(C)=O)c3c1[C@H]1C=C[C@H]3C1)[C@H]1C=C[C@H]2C1. The fraction of sp³-hybridized carbons (Fsp3) is 0.400. The molecule has 4 aliphatic carbocycles. The Balaban J connectivity index is 1.83. The van der Waals surface area contributed by atoms with E-state index in [1.165, 1.54) is 13.8 Å². The van der Waals surface area contributed by atoms with Gasteiger partial charge in [-0.3, -0.25) is 9.59 Å². The van der Waals surface area contributed by atoms with Gasteiger partial charge in [0.15, 0.2) is 0 Å². The second kappa shape index (κ2) is 4.59. The van der Waals surface area contributed by atoms with Gasteiger partial charge in [0, 0.05) is 59.8 Å². The van der Waals surface area contributed by atoms with E-state index in [0.717, 1.165) is 46.6 Å². The molecular formula is C20H18O4. The van der Waals surface area contributed by atoms with Crippen molar-refractivity contribution in [2.45, 2.75) is 50.4 Å². The van der Waals surface area contributed by atoms with Crippen molar-refractivity contribution in [3.63, 3.8) is 0 Å². The average Bonchev–Trinajstić information content (AvgIpc) is 3.27. The Morgan fingerprint density at radius 2 is 1.00 bits per heavy atom. The quantitative estimate of drug-likeness (QED) is 0.472. The fourth-order valence-corrected chi connectivity index (χ4v) is 5.01. The monoisotopic (exact) mass is 322 g/mol. The van der Waals surface area contributed by atoms with E-state index in [9.17, 15) is 9.59 Å². The molecule has 5 rings (SSSR count). The first-order valence-corrected chi connectivity index (χ1v) is 8.51. The zero-order valence-corrected chi connectivity index (χ0v) is 13.7. The smallest absolute Gasteiger partial charge is 0.308 e. The highest BCUT2D eigenvalue weighted by atomic mass is 16.5. The van der Waals surface area contributed by atoms with Gasteiger partial charge in [-0.05, 0) is 12.8 Å². The highest BCUT2D eigenvalue weighted by molar-refractivity contribution is 5.79. The fourth-order valence-electron chi connectivity index (χ4n) is 5.01. The van der Waals surface area contributed by atoms with Crippen LogP contribution in [0.1, 0.15) is 72.6 Å². The zero-order chi connectivity index (χ0) is 16.6. The molecule has 0 fully saturated rings. The molecule has 1 aromatic rings. The van der Waals surface area contributed by atoms with Crippen molar-refractivity contribution in [3.05, 3.63) is 46.6 Å². The molecule has 122 valence electrons. The summed E-state index contributed by atoms with van der Waals surface area (Å²) in [5.74, 6) is 1.89. The molecule has 4 heteroatoms. The van der Waals surface area contributed by atoms with E-state index in [1.54, 1.807) is 0 Å². The number of hydrogen-bond donors (Lipinski definition) is 0. The first-order chi connectivity index (χ1) is 11.5. The number of fused-ring (bicyclic) bond motifs is 10. The van der Waals surface area contributed by atoms with E-state index in [-0.39, 0.29) is 35.6 Å². The molecule has 4 atom stereocenters. The Labute approximate surface area is 140 Å². The van der Waals surface area contributed by atoms with Gasteiger partial charge in [0.2, 0.25) is 0 Å². The van der Waals surface area contributed by atoms with Crippen LogP contribution in [-0.4, -0.2) is 11.9 Å². The maximum Gasteiger partial charge on any atom is 0.308 e. The molecule has 0 aromatic heterocycles. The summed E-state index contributed by atoms with van der Waals surface area (Å²) in [5, 5.41) is 0. The van der Waals surface area contributed by atoms with Gasteiger partial charge in [-0.2, -0.15) is 0 Å². The number of esters is 2. The second-order valence-corrected chi connectivity index (χ2v) is 7.17. The molecule has 1 aromatic carbocycles. The first-order valence-electron chi connectivity index (χ1n) is 8.51. The van der Waals surface area contributed by atoms with Gasteiger partial charge >= 0.3 is 11.9 Å². The molecule has 4 aliphatic rings. The third-order valence-electron chi connectivity index (χ3n) is 5.70. The molecular weight excluding hydrogens is 304 g/mol. The Hall–Kier alpha value is -2.36. The van der Waals surface area contributed by atoms with Crippen molar-refractivity contribution in [1.29, 1.82) is 0 Å². The molecule has 0 amide bonds. The van der Waals surface area contributed by atoms with Gasteiger partial charge in [0.25, 0.3) is 0 Å². The number of carbonyl (C=O) groups is 2. The number of ether oxygens (including phenoxy) is 2. The van der Waals surface area contributed by atoms with Gasteiger partial charge in [0.05, 0.1) is 0 Å². The highest BCUT2D eigenvalue weighted by Crippen LogP contribution is 2.64. The molecule has 0 heterocycles. The molecule has 0 aliphatic heterocycles. The minimum Gasteiger partial charge on any atom is -0.426 e. The third-order valence-corrected chi connectivity index (χ3v) is 5.70. The number of allylic oxidation sites excluding steroid dienone is 4. The summed E-state index contributed by atoms with van der Waals surface area (Å²) in [6.45, 7) is 2.90. The topological polar surface area (TPSA) is 52.6 Å². The predicted molar refractivity (Wildman–Crippen MR) is 87.5 cm³/mol. The second-order valence-electron chi connectivity index (χ2n) is 7.17. The Bertz CT molecular complexity index is 741. The van der Waals surface area contributed by atoms with Crippen molar-refractivity contribution < 1.29 is 19.1 Å². The molecule has 24 heavy (non-hydrogen) atoms. The lowest BCUT2D eigenvalue weighted by Gasteiger charge is -2.26. The molecule has 0 spiro atoms. The molecule has 4 nitrogen and oxygen atoms in total. The molecule has 0 saturated heterocycles. The molecule has 0 saturated carbocycles. The normalized spacial score (nSPS) is 29.8. The van der Waals surface area contributed by atoms with Gasteiger partial charge in [-0.1, -0.05) is 24.3 Å². The summed E-state index contributed by atoms with van der Waals surface area (Å²) in [6.07, 6.45) is 10.7. The van der Waals surface area contributed by atoms with Crippen molar-refractivity contribution in [1.82, 2.24) is 0 Å². The lowest BCUT2D eigenvalue weighted by molar-refractivity contribution is -0.133. The Morgan fingerprint density at radius 3 is 1.25 bits per heavy atom. The molecule has 0 unspecified atom stereocenters. The van der Waals surface area contributed by atoms with Crippen molar-refractivity contribution >= 4 is 11.9 Å². The number of hydrogen-bond acceptors (Lipinski definition) is 4. The number of rotatable bonds is 2. The van der Waals surface area contributed by atoms with E-state index < -0.39 is 0 Å². The van der Waals surface area contributed by atoms with E-state index in [1.807, 2.05) is 0 Å². The van der Waals surface area contributed by atoms with Crippen LogP contribution in [0.15, 0.2) is 24.3 Å². The van der Waals surface area contributed by atoms with Crippen LogP contribution in [0.3, 0.4) is 0 Å². The van der Waals surface area contributed by atoms with Crippen molar-refractivity contribution in [2.75, 3.05) is 0 Å². The maximum absolute atomic E-state index is 11.7. The van der Waals surface area contributed by atoms with E-state index in [4.69, 9.17) is 9.47 Å². The standard InChI is InChI=1S/C20H18O4/c1-9(21)23-19-15-11-3-5-13(7-11)17(15)20(24-10(2)22)18-14-6-4-12(8-14)16(18)19/h3-6,11-14H,7-8H2,1-2H3/t11-,12-,13-,14-/m0/s1. The Kier molecular flexibility index (Phi) is 2.68. The van der Waals surface area contributed by atoms with Crippen LogP contribution in [0.5, 0.6) is 11.5 Å². The number of carbonyl (C=O) groups excluding carboxylic acids is 2. The maximum atomic E-state index is 11.7. The summed E-state index contributed by atoms with van der Waals surface area (Å²) in [4.78, 5) is 23.5. The van der Waals surface area contributed by atoms with Crippen LogP contribution < -0.4 is 9.47 Å². The van der Waals surface area contributed by atoms with Crippen LogP contribution in [0, 0.1) is 0 Å². The molecule has 0 N–H and O–H groups in total. The third kappa shape index (κ3) is 1.68. The van der Waals surface area contributed by atoms with E-state index in [2.05, 4.69) is 24.3 Å². The van der Waals surface area contributed by atoms with Gasteiger partial charge < -0.3 is 9.47 Å². The van der Waals surface area contributed by atoms with Crippen LogP contribution in [-0.2, 0) is 9.59 Å². The van der Waals surface area contributed by atoms with Crippen molar-refractivity contribution in [2.24, 2.45) is 0 Å². The summed E-state index contributed by atoms with van der Waals surface area (Å²) >= 11 is 0. The van der Waals surface area contributed by atoms with E-state index >= 15 is 0 Å². The van der Waals surface area contributed by atoms with E-state index in [0.29, 0.717) is 0 Å². The summed E-state index contributed by atoms with van der Waals surface area (Å²) < 4.78 is 11.4.